The van der Waals surface area contributed by atoms with E-state index in [1.807, 2.05) is 25.1 Å². The molecule has 0 heterocycles. The van der Waals surface area contributed by atoms with Crippen molar-refractivity contribution < 1.29 is 9.13 Å². The van der Waals surface area contributed by atoms with E-state index in [1.54, 1.807) is 6.07 Å². The summed E-state index contributed by atoms with van der Waals surface area (Å²) in [6.07, 6.45) is 12.4. The normalized spacial score (nSPS) is 17.9. The van der Waals surface area contributed by atoms with E-state index in [4.69, 9.17) is 4.74 Å². The first-order chi connectivity index (χ1) is 17.2. The van der Waals surface area contributed by atoms with Crippen molar-refractivity contribution in [1.82, 2.24) is 0 Å². The van der Waals surface area contributed by atoms with E-state index in [2.05, 4.69) is 49.4 Å². The molecule has 1 fully saturated rings. The van der Waals surface area contributed by atoms with Gasteiger partial charge in [0.15, 0.2) is 0 Å². The molecular formula is C33H41FO. The topological polar surface area (TPSA) is 9.23 Å². The second kappa shape index (κ2) is 12.9. The molecule has 0 aliphatic heterocycles. The highest BCUT2D eigenvalue weighted by atomic mass is 19.1. The van der Waals surface area contributed by atoms with Crippen molar-refractivity contribution in [3.63, 3.8) is 0 Å². The Hall–Kier alpha value is -2.61. The quantitative estimate of drug-likeness (QED) is 0.252. The van der Waals surface area contributed by atoms with Gasteiger partial charge in [0.1, 0.15) is 11.6 Å². The van der Waals surface area contributed by atoms with Gasteiger partial charge in [-0.25, -0.2) is 4.39 Å². The molecule has 1 aliphatic carbocycles. The predicted molar refractivity (Wildman–Crippen MR) is 146 cm³/mol. The van der Waals surface area contributed by atoms with Gasteiger partial charge in [0.25, 0.3) is 0 Å². The largest absolute Gasteiger partial charge is 0.494 e. The molecule has 0 amide bonds. The van der Waals surface area contributed by atoms with Crippen LogP contribution in [0.1, 0.15) is 87.8 Å². The van der Waals surface area contributed by atoms with Crippen molar-refractivity contribution >= 4 is 0 Å². The third-order valence-electron chi connectivity index (χ3n) is 7.73. The first-order valence-corrected chi connectivity index (χ1v) is 13.8. The lowest BCUT2D eigenvalue weighted by atomic mass is 9.77. The van der Waals surface area contributed by atoms with Crippen LogP contribution in [0.15, 0.2) is 66.7 Å². The predicted octanol–water partition coefficient (Wildman–Crippen LogP) is 9.53. The molecule has 0 atom stereocenters. The van der Waals surface area contributed by atoms with Crippen LogP contribution in [0.3, 0.4) is 0 Å². The molecule has 0 spiro atoms. The van der Waals surface area contributed by atoms with E-state index >= 15 is 4.39 Å². The van der Waals surface area contributed by atoms with Gasteiger partial charge in [-0.2, -0.15) is 0 Å². The van der Waals surface area contributed by atoms with Gasteiger partial charge >= 0.3 is 0 Å². The minimum absolute atomic E-state index is 0.0882. The molecule has 0 unspecified atom stereocenters. The first-order valence-electron chi connectivity index (χ1n) is 13.8. The molecule has 4 rings (SSSR count). The molecule has 0 radical (unpaired) electrons. The number of ether oxygens (including phenoxy) is 1. The zero-order valence-corrected chi connectivity index (χ0v) is 21.6. The summed E-state index contributed by atoms with van der Waals surface area (Å²) in [5, 5.41) is 0. The van der Waals surface area contributed by atoms with Gasteiger partial charge in [-0.05, 0) is 97.7 Å². The van der Waals surface area contributed by atoms with Gasteiger partial charge in [0.2, 0.25) is 0 Å². The molecule has 2 heteroatoms. The summed E-state index contributed by atoms with van der Waals surface area (Å²) in [5.41, 5.74) is 5.42. The van der Waals surface area contributed by atoms with Crippen molar-refractivity contribution in [2.75, 3.05) is 6.61 Å². The Morgan fingerprint density at radius 3 is 2.03 bits per heavy atom. The lowest BCUT2D eigenvalue weighted by Gasteiger charge is -2.29. The van der Waals surface area contributed by atoms with Crippen LogP contribution in [0.25, 0.3) is 11.1 Å². The number of hydrogen-bond donors (Lipinski definition) is 0. The van der Waals surface area contributed by atoms with E-state index in [9.17, 15) is 0 Å². The highest BCUT2D eigenvalue weighted by Gasteiger charge is 2.23. The standard InChI is InChI=1S/C33H41FO/c1-3-5-6-7-25-10-16-28(17-11-25)30-20-23-32(33(34)24-30)29-18-12-26(13-19-29)8-9-27-14-21-31(22-15-27)35-4-2/h12-15,18-25,28H,3-11,16-17H2,1-2H3. The van der Waals surface area contributed by atoms with Crippen molar-refractivity contribution in [2.24, 2.45) is 5.92 Å². The Balaban J connectivity index is 1.31. The lowest BCUT2D eigenvalue weighted by Crippen LogP contribution is -2.13. The van der Waals surface area contributed by atoms with Crippen molar-refractivity contribution in [3.8, 4) is 16.9 Å². The highest BCUT2D eigenvalue weighted by molar-refractivity contribution is 5.65. The molecule has 3 aromatic rings. The number of hydrogen-bond acceptors (Lipinski definition) is 1. The van der Waals surface area contributed by atoms with Gasteiger partial charge in [0.05, 0.1) is 6.61 Å². The van der Waals surface area contributed by atoms with Gasteiger partial charge in [-0.3, -0.25) is 0 Å². The fraction of sp³-hybridized carbons (Fsp3) is 0.455. The number of rotatable bonds is 11. The van der Waals surface area contributed by atoms with E-state index in [-0.39, 0.29) is 5.82 Å². The molecule has 1 nitrogen and oxygen atoms in total. The first kappa shape index (κ1) is 25.5. The smallest absolute Gasteiger partial charge is 0.131 e. The third-order valence-corrected chi connectivity index (χ3v) is 7.73. The van der Waals surface area contributed by atoms with Crippen LogP contribution >= 0.6 is 0 Å². The summed E-state index contributed by atoms with van der Waals surface area (Å²) >= 11 is 0. The van der Waals surface area contributed by atoms with Gasteiger partial charge in [-0.15, -0.1) is 0 Å². The summed E-state index contributed by atoms with van der Waals surface area (Å²) in [6, 6.07) is 22.7. The summed E-state index contributed by atoms with van der Waals surface area (Å²) in [6.45, 7) is 4.96. The zero-order valence-electron chi connectivity index (χ0n) is 21.6. The monoisotopic (exact) mass is 472 g/mol. The fourth-order valence-corrected chi connectivity index (χ4v) is 5.55. The maximum Gasteiger partial charge on any atom is 0.131 e. The Kier molecular flexibility index (Phi) is 9.40. The van der Waals surface area contributed by atoms with Crippen LogP contribution < -0.4 is 4.74 Å². The summed E-state index contributed by atoms with van der Waals surface area (Å²) < 4.78 is 20.6. The summed E-state index contributed by atoms with van der Waals surface area (Å²) in [5.74, 6) is 2.24. The molecule has 186 valence electrons. The molecule has 3 aromatic carbocycles. The number of benzene rings is 3. The van der Waals surface area contributed by atoms with E-state index in [0.717, 1.165) is 30.1 Å². The van der Waals surface area contributed by atoms with Crippen LogP contribution in [0.2, 0.25) is 0 Å². The minimum Gasteiger partial charge on any atom is -0.494 e. The Bertz CT molecular complexity index is 1030. The highest BCUT2D eigenvalue weighted by Crippen LogP contribution is 2.39. The zero-order chi connectivity index (χ0) is 24.5. The number of aryl methyl sites for hydroxylation is 2. The van der Waals surface area contributed by atoms with E-state index in [1.165, 1.54) is 68.1 Å². The fourth-order valence-electron chi connectivity index (χ4n) is 5.55. The average molecular weight is 473 g/mol. The van der Waals surface area contributed by atoms with Crippen molar-refractivity contribution in [3.05, 3.63) is 89.2 Å². The van der Waals surface area contributed by atoms with E-state index < -0.39 is 0 Å². The average Bonchev–Trinajstić information content (AvgIpc) is 2.89. The molecule has 0 N–H and O–H groups in total. The van der Waals surface area contributed by atoms with Crippen LogP contribution in [0.4, 0.5) is 4.39 Å². The molecule has 0 aromatic heterocycles. The maximum absolute atomic E-state index is 15.1. The van der Waals surface area contributed by atoms with Crippen LogP contribution in [-0.4, -0.2) is 6.61 Å². The van der Waals surface area contributed by atoms with Gasteiger partial charge < -0.3 is 4.74 Å². The molecule has 1 saturated carbocycles. The molecular weight excluding hydrogens is 431 g/mol. The van der Waals surface area contributed by atoms with Crippen molar-refractivity contribution in [1.29, 1.82) is 0 Å². The Morgan fingerprint density at radius 1 is 0.771 bits per heavy atom. The Morgan fingerprint density at radius 2 is 1.43 bits per heavy atom. The second-order valence-corrected chi connectivity index (χ2v) is 10.2. The maximum atomic E-state index is 15.1. The molecule has 35 heavy (non-hydrogen) atoms. The molecule has 0 saturated heterocycles. The summed E-state index contributed by atoms with van der Waals surface area (Å²) in [4.78, 5) is 0. The second-order valence-electron chi connectivity index (χ2n) is 10.2. The van der Waals surface area contributed by atoms with Crippen LogP contribution in [0.5, 0.6) is 5.75 Å². The Labute approximate surface area is 211 Å². The molecule has 1 aliphatic rings. The third kappa shape index (κ3) is 7.19. The minimum atomic E-state index is -0.0882. The lowest BCUT2D eigenvalue weighted by molar-refractivity contribution is 0.302. The van der Waals surface area contributed by atoms with Gasteiger partial charge in [0, 0.05) is 5.56 Å². The number of unbranched alkanes of at least 4 members (excludes halogenated alkanes) is 2. The number of halogens is 1. The van der Waals surface area contributed by atoms with Crippen LogP contribution in [0, 0.1) is 11.7 Å². The molecule has 0 bridgehead atoms. The van der Waals surface area contributed by atoms with Gasteiger partial charge in [-0.1, -0.05) is 81.1 Å². The SMILES string of the molecule is CCCCCC1CCC(c2ccc(-c3ccc(CCc4ccc(OCC)cc4)cc3)c(F)c2)CC1. The van der Waals surface area contributed by atoms with Crippen molar-refractivity contribution in [2.45, 2.75) is 84.0 Å². The van der Waals surface area contributed by atoms with Crippen LogP contribution in [-0.2, 0) is 12.8 Å². The van der Waals surface area contributed by atoms with E-state index in [0.29, 0.717) is 18.1 Å². The summed E-state index contributed by atoms with van der Waals surface area (Å²) in [7, 11) is 0.